The van der Waals surface area contributed by atoms with E-state index in [9.17, 15) is 4.79 Å². The zero-order chi connectivity index (χ0) is 14.9. The van der Waals surface area contributed by atoms with Crippen molar-refractivity contribution in [1.29, 1.82) is 0 Å². The first-order valence-electron chi connectivity index (χ1n) is 6.65. The molecule has 0 amide bonds. The summed E-state index contributed by atoms with van der Waals surface area (Å²) in [6.45, 7) is 8.24. The van der Waals surface area contributed by atoms with Crippen molar-refractivity contribution < 1.29 is 9.90 Å². The van der Waals surface area contributed by atoms with E-state index in [0.29, 0.717) is 0 Å². The Balaban J connectivity index is 2.56. The Bertz CT molecular complexity index is 619. The highest BCUT2D eigenvalue weighted by atomic mass is 16.4. The molecule has 20 heavy (non-hydrogen) atoms. The van der Waals surface area contributed by atoms with E-state index in [2.05, 4.69) is 25.9 Å². The van der Waals surface area contributed by atoms with Crippen molar-refractivity contribution in [2.75, 3.05) is 0 Å². The molecule has 4 nitrogen and oxygen atoms in total. The second kappa shape index (κ2) is 5.12. The van der Waals surface area contributed by atoms with Crippen LogP contribution < -0.4 is 0 Å². The first kappa shape index (κ1) is 14.3. The molecule has 2 rings (SSSR count). The van der Waals surface area contributed by atoms with Crippen molar-refractivity contribution in [3.63, 3.8) is 0 Å². The van der Waals surface area contributed by atoms with Gasteiger partial charge in [0.2, 0.25) is 0 Å². The Hall–Kier alpha value is -2.10. The van der Waals surface area contributed by atoms with Gasteiger partial charge >= 0.3 is 5.97 Å². The lowest BCUT2D eigenvalue weighted by Crippen LogP contribution is -2.20. The summed E-state index contributed by atoms with van der Waals surface area (Å²) in [6, 6.07) is 8.06. The minimum Gasteiger partial charge on any atom is -0.481 e. The molecule has 1 N–H and O–H groups in total. The predicted molar refractivity (Wildman–Crippen MR) is 78.3 cm³/mol. The maximum atomic E-state index is 11.0. The van der Waals surface area contributed by atoms with Crippen molar-refractivity contribution in [1.82, 2.24) is 9.78 Å². The second-order valence-electron chi connectivity index (χ2n) is 6.09. The smallest absolute Gasteiger partial charge is 0.307 e. The van der Waals surface area contributed by atoms with Crippen molar-refractivity contribution in [2.45, 2.75) is 39.5 Å². The Morgan fingerprint density at radius 3 is 2.35 bits per heavy atom. The summed E-state index contributed by atoms with van der Waals surface area (Å²) in [4.78, 5) is 11.0. The van der Waals surface area contributed by atoms with E-state index in [4.69, 9.17) is 5.11 Å². The third-order valence-corrected chi connectivity index (χ3v) is 3.18. The number of carbonyl (C=O) groups is 1. The van der Waals surface area contributed by atoms with Gasteiger partial charge in [0, 0.05) is 11.0 Å². The molecule has 0 atom stereocenters. The summed E-state index contributed by atoms with van der Waals surface area (Å²) in [5.74, 6) is -0.834. The van der Waals surface area contributed by atoms with Crippen molar-refractivity contribution in [3.8, 4) is 5.69 Å². The number of aryl methyl sites for hydroxylation is 1. The van der Waals surface area contributed by atoms with Crippen molar-refractivity contribution in [3.05, 3.63) is 47.3 Å². The van der Waals surface area contributed by atoms with E-state index in [1.54, 1.807) is 6.20 Å². The van der Waals surface area contributed by atoms with Gasteiger partial charge in [0.05, 0.1) is 24.0 Å². The molecule has 2 aromatic rings. The fraction of sp³-hybridized carbons (Fsp3) is 0.375. The van der Waals surface area contributed by atoms with Gasteiger partial charge in [0.25, 0.3) is 0 Å². The number of hydrogen-bond donors (Lipinski definition) is 1. The average molecular weight is 272 g/mol. The highest BCUT2D eigenvalue weighted by Crippen LogP contribution is 2.28. The van der Waals surface area contributed by atoms with Crippen LogP contribution in [0.4, 0.5) is 0 Å². The number of carboxylic acids is 1. The van der Waals surface area contributed by atoms with Crippen LogP contribution in [-0.4, -0.2) is 20.9 Å². The quantitative estimate of drug-likeness (QED) is 0.934. The molecule has 0 fully saturated rings. The Morgan fingerprint density at radius 2 is 1.85 bits per heavy atom. The van der Waals surface area contributed by atoms with E-state index in [1.807, 2.05) is 35.9 Å². The molecular formula is C16H20N2O2. The van der Waals surface area contributed by atoms with Crippen LogP contribution >= 0.6 is 0 Å². The van der Waals surface area contributed by atoms with E-state index in [-0.39, 0.29) is 11.8 Å². The molecule has 0 bridgehead atoms. The summed E-state index contributed by atoms with van der Waals surface area (Å²) in [5.41, 5.74) is 3.68. The monoisotopic (exact) mass is 272 g/mol. The van der Waals surface area contributed by atoms with Crippen molar-refractivity contribution in [2.24, 2.45) is 0 Å². The highest BCUT2D eigenvalue weighted by molar-refractivity contribution is 5.70. The molecule has 0 saturated carbocycles. The predicted octanol–water partition coefficient (Wildman–Crippen LogP) is 3.11. The lowest BCUT2D eigenvalue weighted by molar-refractivity contribution is -0.136. The number of benzene rings is 1. The summed E-state index contributed by atoms with van der Waals surface area (Å²) in [7, 11) is 0. The van der Waals surface area contributed by atoms with Crippen LogP contribution in [0.5, 0.6) is 0 Å². The van der Waals surface area contributed by atoms with E-state index < -0.39 is 5.97 Å². The van der Waals surface area contributed by atoms with Gasteiger partial charge in [0.1, 0.15) is 0 Å². The Kier molecular flexibility index (Phi) is 3.66. The van der Waals surface area contributed by atoms with Gasteiger partial charge in [-0.3, -0.25) is 4.79 Å². The van der Waals surface area contributed by atoms with Crippen LogP contribution in [0, 0.1) is 6.92 Å². The van der Waals surface area contributed by atoms with Crippen LogP contribution in [0.1, 0.15) is 37.6 Å². The molecule has 0 saturated heterocycles. The van der Waals surface area contributed by atoms with Gasteiger partial charge in [-0.25, -0.2) is 4.68 Å². The maximum Gasteiger partial charge on any atom is 0.307 e. The molecule has 1 heterocycles. The van der Waals surface area contributed by atoms with Gasteiger partial charge in [-0.1, -0.05) is 38.5 Å². The molecule has 106 valence electrons. The Labute approximate surface area is 119 Å². The molecule has 4 heteroatoms. The number of aliphatic carboxylic acids is 1. The molecular weight excluding hydrogens is 252 g/mol. The lowest BCUT2D eigenvalue weighted by atomic mass is 9.88. The van der Waals surface area contributed by atoms with Gasteiger partial charge in [0.15, 0.2) is 0 Å². The van der Waals surface area contributed by atoms with Crippen LogP contribution in [0.15, 0.2) is 30.5 Å². The molecule has 1 aromatic carbocycles. The zero-order valence-corrected chi connectivity index (χ0v) is 12.3. The van der Waals surface area contributed by atoms with Crippen molar-refractivity contribution >= 4 is 5.97 Å². The maximum absolute atomic E-state index is 11.0. The van der Waals surface area contributed by atoms with E-state index in [1.165, 1.54) is 5.56 Å². The SMILES string of the molecule is Cc1ccc(-n2ncc(CC(=O)O)c2C(C)(C)C)cc1. The number of rotatable bonds is 3. The third-order valence-electron chi connectivity index (χ3n) is 3.18. The van der Waals surface area contributed by atoms with Gasteiger partial charge in [-0.2, -0.15) is 5.10 Å². The zero-order valence-electron chi connectivity index (χ0n) is 12.3. The van der Waals surface area contributed by atoms with Gasteiger partial charge < -0.3 is 5.11 Å². The standard InChI is InChI=1S/C16H20N2O2/c1-11-5-7-13(8-6-11)18-15(16(2,3)4)12(10-17-18)9-14(19)20/h5-8,10H,9H2,1-4H3,(H,19,20). The summed E-state index contributed by atoms with van der Waals surface area (Å²) in [5, 5.41) is 13.4. The number of hydrogen-bond acceptors (Lipinski definition) is 2. The molecule has 0 spiro atoms. The first-order valence-corrected chi connectivity index (χ1v) is 6.65. The fourth-order valence-electron chi connectivity index (χ4n) is 2.36. The molecule has 0 aliphatic heterocycles. The normalized spacial score (nSPS) is 11.6. The third kappa shape index (κ3) is 2.90. The minimum absolute atomic E-state index is 0.00152. The number of carboxylic acid groups (broad SMARTS) is 1. The lowest BCUT2D eigenvalue weighted by Gasteiger charge is -2.22. The van der Waals surface area contributed by atoms with E-state index >= 15 is 0 Å². The van der Waals surface area contributed by atoms with Crippen LogP contribution in [0.25, 0.3) is 5.69 Å². The first-order chi connectivity index (χ1) is 9.29. The summed E-state index contributed by atoms with van der Waals surface area (Å²) in [6.07, 6.45) is 1.66. The average Bonchev–Trinajstić information content (AvgIpc) is 2.72. The molecule has 0 unspecified atom stereocenters. The van der Waals surface area contributed by atoms with Crippen LogP contribution in [0.2, 0.25) is 0 Å². The van der Waals surface area contributed by atoms with Gasteiger partial charge in [-0.15, -0.1) is 0 Å². The van der Waals surface area contributed by atoms with Crippen LogP contribution in [0.3, 0.4) is 0 Å². The largest absolute Gasteiger partial charge is 0.481 e. The topological polar surface area (TPSA) is 55.1 Å². The molecule has 0 radical (unpaired) electrons. The summed E-state index contributed by atoms with van der Waals surface area (Å²) >= 11 is 0. The highest BCUT2D eigenvalue weighted by Gasteiger charge is 2.25. The number of aromatic nitrogens is 2. The van der Waals surface area contributed by atoms with Gasteiger partial charge in [-0.05, 0) is 19.1 Å². The Morgan fingerprint density at radius 1 is 1.25 bits per heavy atom. The number of nitrogens with zero attached hydrogens (tertiary/aromatic N) is 2. The fourth-order valence-corrected chi connectivity index (χ4v) is 2.36. The molecule has 0 aliphatic rings. The van der Waals surface area contributed by atoms with Crippen LogP contribution in [-0.2, 0) is 16.6 Å². The molecule has 1 aromatic heterocycles. The van der Waals surface area contributed by atoms with E-state index in [0.717, 1.165) is 16.9 Å². The second-order valence-corrected chi connectivity index (χ2v) is 6.09. The molecule has 0 aliphatic carbocycles. The summed E-state index contributed by atoms with van der Waals surface area (Å²) < 4.78 is 1.84. The minimum atomic E-state index is -0.834.